The highest BCUT2D eigenvalue weighted by atomic mass is 35.5. The van der Waals surface area contributed by atoms with Gasteiger partial charge in [0.05, 0.1) is 12.7 Å². The summed E-state index contributed by atoms with van der Waals surface area (Å²) in [5.74, 6) is 0.601. The molecule has 0 radical (unpaired) electrons. The number of carbonyl (C=O) groups is 1. The van der Waals surface area contributed by atoms with Gasteiger partial charge in [-0.15, -0.1) is 0 Å². The highest BCUT2D eigenvalue weighted by Crippen LogP contribution is 2.37. The first kappa shape index (κ1) is 27.3. The molecule has 1 aliphatic heterocycles. The van der Waals surface area contributed by atoms with E-state index in [1.54, 1.807) is 39.3 Å². The largest absolute Gasteiger partial charge is 0.497 e. The molecule has 38 heavy (non-hydrogen) atoms. The summed E-state index contributed by atoms with van der Waals surface area (Å²) < 4.78 is 11.2. The second-order valence-electron chi connectivity index (χ2n) is 8.46. The van der Waals surface area contributed by atoms with Crippen LogP contribution in [-0.4, -0.2) is 36.2 Å². The lowest BCUT2D eigenvalue weighted by atomic mass is 9.95. The van der Waals surface area contributed by atoms with E-state index >= 15 is 0 Å². The van der Waals surface area contributed by atoms with Gasteiger partial charge in [0.2, 0.25) is 5.96 Å². The Kier molecular flexibility index (Phi) is 8.75. The number of aliphatic imine (C=N–C) groups is 2. The topological polar surface area (TPSA) is 113 Å². The number of guanidine groups is 1. The molecule has 198 valence electrons. The first-order valence-corrected chi connectivity index (χ1v) is 13.2. The minimum Gasteiger partial charge on any atom is -0.497 e. The summed E-state index contributed by atoms with van der Waals surface area (Å²) in [5, 5.41) is 12.0. The second kappa shape index (κ2) is 12.2. The second-order valence-corrected chi connectivity index (χ2v) is 9.73. The normalized spacial score (nSPS) is 16.3. The number of fused-ring (bicyclic) bond motifs is 1. The summed E-state index contributed by atoms with van der Waals surface area (Å²) in [6.45, 7) is 5.90. The molecule has 1 atom stereocenters. The molecule has 0 fully saturated rings. The number of allylic oxidation sites excluding steroid dienone is 2. The van der Waals surface area contributed by atoms with Crippen molar-refractivity contribution in [3.63, 3.8) is 0 Å². The zero-order valence-corrected chi connectivity index (χ0v) is 23.3. The summed E-state index contributed by atoms with van der Waals surface area (Å²) in [6.07, 6.45) is 0.910. The summed E-state index contributed by atoms with van der Waals surface area (Å²) in [6, 6.07) is 12.2. The van der Waals surface area contributed by atoms with Crippen molar-refractivity contribution in [3.8, 4) is 5.75 Å². The first-order valence-electron chi connectivity index (χ1n) is 11.9. The van der Waals surface area contributed by atoms with Crippen molar-refractivity contribution in [1.82, 2.24) is 15.6 Å². The Morgan fingerprint density at radius 3 is 2.82 bits per heavy atom. The molecule has 1 aromatic heterocycles. The third-order valence-electron chi connectivity index (χ3n) is 5.86. The van der Waals surface area contributed by atoms with E-state index in [2.05, 4.69) is 32.9 Å². The molecule has 4 rings (SSSR count). The van der Waals surface area contributed by atoms with E-state index in [-0.39, 0.29) is 11.9 Å². The van der Waals surface area contributed by atoms with Crippen molar-refractivity contribution < 1.29 is 13.9 Å². The SMILES string of the molecule is CCC(C)=CSC(=NC)NC(=O)C1=C(C)NC(Nc2nc3ccccc3o2)=NC1c1cc(OC)ccc1Cl. The van der Waals surface area contributed by atoms with Crippen LogP contribution < -0.4 is 20.7 Å². The van der Waals surface area contributed by atoms with Crippen LogP contribution in [0.25, 0.3) is 11.1 Å². The number of ether oxygens (including phenoxy) is 1. The molecule has 11 heteroatoms. The number of para-hydroxylation sites is 2. The van der Waals surface area contributed by atoms with Crippen LogP contribution in [0.15, 0.2) is 79.1 Å². The molecule has 2 aromatic carbocycles. The predicted molar refractivity (Wildman–Crippen MR) is 155 cm³/mol. The average Bonchev–Trinajstić information content (AvgIpc) is 3.32. The number of rotatable bonds is 6. The van der Waals surface area contributed by atoms with Crippen molar-refractivity contribution in [1.29, 1.82) is 0 Å². The highest BCUT2D eigenvalue weighted by Gasteiger charge is 2.32. The summed E-state index contributed by atoms with van der Waals surface area (Å²) in [5.41, 5.74) is 4.12. The van der Waals surface area contributed by atoms with E-state index in [4.69, 9.17) is 25.7 Å². The molecule has 3 N–H and O–H groups in total. The van der Waals surface area contributed by atoms with Gasteiger partial charge < -0.3 is 19.8 Å². The number of hydrogen-bond acceptors (Lipinski definition) is 9. The van der Waals surface area contributed by atoms with Gasteiger partial charge >= 0.3 is 6.01 Å². The number of thioether (sulfide) groups is 1. The predicted octanol–water partition coefficient (Wildman–Crippen LogP) is 6.03. The van der Waals surface area contributed by atoms with Gasteiger partial charge in [-0.05, 0) is 56.0 Å². The van der Waals surface area contributed by atoms with Crippen LogP contribution in [0.4, 0.5) is 6.01 Å². The molecule has 1 unspecified atom stereocenters. The lowest BCUT2D eigenvalue weighted by Crippen LogP contribution is -2.40. The van der Waals surface area contributed by atoms with Crippen molar-refractivity contribution in [2.75, 3.05) is 19.5 Å². The Bertz CT molecular complexity index is 1440. The average molecular weight is 553 g/mol. The van der Waals surface area contributed by atoms with Gasteiger partial charge in [-0.1, -0.05) is 48.0 Å². The van der Waals surface area contributed by atoms with Crippen LogP contribution >= 0.6 is 23.4 Å². The Hall–Kier alpha value is -3.76. The fourth-order valence-electron chi connectivity index (χ4n) is 3.69. The number of anilines is 1. The summed E-state index contributed by atoms with van der Waals surface area (Å²) >= 11 is 7.97. The number of hydrogen-bond donors (Lipinski definition) is 3. The van der Waals surface area contributed by atoms with Crippen LogP contribution in [0.5, 0.6) is 5.75 Å². The maximum absolute atomic E-state index is 13.6. The number of carbonyl (C=O) groups excluding carboxylic acids is 1. The van der Waals surface area contributed by atoms with Crippen LogP contribution in [0.3, 0.4) is 0 Å². The maximum atomic E-state index is 13.6. The number of halogens is 1. The minimum absolute atomic E-state index is 0.267. The Balaban J connectivity index is 1.69. The van der Waals surface area contributed by atoms with Gasteiger partial charge in [-0.3, -0.25) is 15.1 Å². The smallest absolute Gasteiger partial charge is 0.302 e. The number of methoxy groups -OCH3 is 1. The van der Waals surface area contributed by atoms with Gasteiger partial charge in [0.1, 0.15) is 17.3 Å². The number of aromatic nitrogens is 1. The molecule has 1 aliphatic rings. The molecule has 1 amide bonds. The molecule has 3 aromatic rings. The number of nitrogens with one attached hydrogen (secondary N) is 3. The third kappa shape index (κ3) is 6.20. The monoisotopic (exact) mass is 552 g/mol. The van der Waals surface area contributed by atoms with Crippen LogP contribution in [-0.2, 0) is 4.79 Å². The molecular formula is C27H29ClN6O3S. The molecule has 9 nitrogen and oxygen atoms in total. The van der Waals surface area contributed by atoms with E-state index in [1.165, 1.54) is 17.3 Å². The summed E-state index contributed by atoms with van der Waals surface area (Å²) in [7, 11) is 3.20. The number of nitrogens with zero attached hydrogens (tertiary/aromatic N) is 3. The van der Waals surface area contributed by atoms with E-state index in [0.717, 1.165) is 6.42 Å². The highest BCUT2D eigenvalue weighted by molar-refractivity contribution is 8.16. The summed E-state index contributed by atoms with van der Waals surface area (Å²) in [4.78, 5) is 27.1. The van der Waals surface area contributed by atoms with Crippen molar-refractivity contribution in [3.05, 3.63) is 75.3 Å². The number of amides is 1. The fourth-order valence-corrected chi connectivity index (χ4v) is 4.64. The zero-order valence-electron chi connectivity index (χ0n) is 21.8. The number of amidine groups is 1. The lowest BCUT2D eigenvalue weighted by molar-refractivity contribution is -0.116. The van der Waals surface area contributed by atoms with Crippen molar-refractivity contribution in [2.45, 2.75) is 33.2 Å². The Morgan fingerprint density at radius 1 is 1.32 bits per heavy atom. The maximum Gasteiger partial charge on any atom is 0.302 e. The number of oxazole rings is 1. The van der Waals surface area contributed by atoms with Gasteiger partial charge in [0.15, 0.2) is 10.8 Å². The molecule has 2 heterocycles. The van der Waals surface area contributed by atoms with Crippen molar-refractivity contribution >= 4 is 57.5 Å². The van der Waals surface area contributed by atoms with E-state index in [1.807, 2.05) is 36.6 Å². The quantitative estimate of drug-likeness (QED) is 0.253. The fraction of sp³-hybridized carbons (Fsp3) is 0.259. The van der Waals surface area contributed by atoms with Gasteiger partial charge in [0, 0.05) is 23.3 Å². The Labute approximate surface area is 230 Å². The molecule has 0 aliphatic carbocycles. The van der Waals surface area contributed by atoms with Gasteiger partial charge in [0.25, 0.3) is 5.91 Å². The zero-order chi connectivity index (χ0) is 27.2. The van der Waals surface area contributed by atoms with E-state index in [9.17, 15) is 4.79 Å². The van der Waals surface area contributed by atoms with E-state index < -0.39 is 6.04 Å². The molecular weight excluding hydrogens is 524 g/mol. The van der Waals surface area contributed by atoms with Gasteiger partial charge in [-0.25, -0.2) is 4.99 Å². The molecule has 0 spiro atoms. The molecule has 0 bridgehead atoms. The van der Waals surface area contributed by atoms with Gasteiger partial charge in [-0.2, -0.15) is 4.98 Å². The Morgan fingerprint density at radius 2 is 2.11 bits per heavy atom. The van der Waals surface area contributed by atoms with Crippen LogP contribution in [0.2, 0.25) is 5.02 Å². The number of benzene rings is 2. The van der Waals surface area contributed by atoms with Crippen LogP contribution in [0, 0.1) is 0 Å². The van der Waals surface area contributed by atoms with Crippen LogP contribution in [0.1, 0.15) is 38.8 Å². The third-order valence-corrected chi connectivity index (χ3v) is 7.23. The lowest BCUT2D eigenvalue weighted by Gasteiger charge is -2.27. The molecule has 0 saturated carbocycles. The molecule has 0 saturated heterocycles. The van der Waals surface area contributed by atoms with Crippen molar-refractivity contribution in [2.24, 2.45) is 9.98 Å². The van der Waals surface area contributed by atoms with E-state index in [0.29, 0.717) is 49.8 Å². The first-order chi connectivity index (χ1) is 18.3. The standard InChI is InChI=1S/C27H29ClN6O3S/c1-6-15(2)14-38-27(29-4)33-24(35)22-16(3)30-25(34-26-31-20-9-7-8-10-21(20)37-26)32-23(22)18-13-17(36-5)11-12-19(18)28/h7-14,23H,6H2,1-5H3,(H,29,33,35)(H2,30,31,32,34). The minimum atomic E-state index is -0.748.